The maximum atomic E-state index is 13.3. The molecule has 4 saturated carbocycles. The minimum Gasteiger partial charge on any atom is -0.481 e. The van der Waals surface area contributed by atoms with Gasteiger partial charge in [-0.3, -0.25) is 4.79 Å². The van der Waals surface area contributed by atoms with Crippen molar-refractivity contribution in [2.24, 2.45) is 50.2 Å². The molecule has 9 atom stereocenters. The number of ether oxygens (including phenoxy) is 1. The highest BCUT2D eigenvalue weighted by atomic mass is 35.5. The van der Waals surface area contributed by atoms with E-state index in [1.165, 1.54) is 5.57 Å². The number of halogens is 1. The summed E-state index contributed by atoms with van der Waals surface area (Å²) in [4.78, 5) is 26.2. The smallest absolute Gasteiger partial charge is 0.340 e. The molecule has 1 aromatic rings. The third-order valence-corrected chi connectivity index (χ3v) is 14.6. The van der Waals surface area contributed by atoms with E-state index in [0.29, 0.717) is 22.9 Å². The summed E-state index contributed by atoms with van der Waals surface area (Å²) in [6.07, 6.45) is 8.90. The zero-order chi connectivity index (χ0) is 31.4. The molecule has 0 amide bonds. The van der Waals surface area contributed by atoms with Crippen LogP contribution in [-0.4, -0.2) is 34.4 Å². The second-order valence-electron chi connectivity index (χ2n) is 17.1. The van der Waals surface area contributed by atoms with Gasteiger partial charge in [-0.25, -0.2) is 4.79 Å². The molecule has 5 nitrogen and oxygen atoms in total. The molecule has 6 heteroatoms. The molecule has 0 heterocycles. The highest BCUT2D eigenvalue weighted by Crippen LogP contribution is 2.75. The number of carboxylic acids is 1. The third kappa shape index (κ3) is 4.26. The first kappa shape index (κ1) is 31.1. The van der Waals surface area contributed by atoms with Crippen molar-refractivity contribution in [3.8, 4) is 0 Å². The quantitative estimate of drug-likeness (QED) is 0.264. The molecule has 5 aliphatic rings. The van der Waals surface area contributed by atoms with Crippen LogP contribution in [0.1, 0.15) is 117 Å². The topological polar surface area (TPSA) is 83.8 Å². The number of allylic oxidation sites excluding steroid dienone is 2. The maximum Gasteiger partial charge on any atom is 0.340 e. The number of carbonyl (C=O) groups is 2. The lowest BCUT2D eigenvalue weighted by atomic mass is 9.33. The second-order valence-corrected chi connectivity index (χ2v) is 17.5. The minimum absolute atomic E-state index is 0.00847. The first-order valence-corrected chi connectivity index (χ1v) is 16.9. The standard InChI is InChI=1S/C37H51ClO5/c1-32(2)16-18-37(31(41)42)19-17-35(6)23(24(37)20-32)12-13-28-34(5)21-26(39)29(33(3,4)27(34)14-15-36(28,35)7)43-30(40)22-10-8-9-11-25(22)38/h8-12,24,26-29,39H,13-21H2,1-7H3,(H,41,42)/t24-,26+,27-,28+,29-,34-,35+,36+,37-/m0/s1. The number of benzene rings is 1. The van der Waals surface area contributed by atoms with Crippen molar-refractivity contribution in [2.75, 3.05) is 0 Å². The van der Waals surface area contributed by atoms with Crippen LogP contribution in [0, 0.1) is 50.2 Å². The number of fused-ring (bicyclic) bond motifs is 7. The summed E-state index contributed by atoms with van der Waals surface area (Å²) >= 11 is 6.32. The van der Waals surface area contributed by atoms with Crippen molar-refractivity contribution in [3.05, 3.63) is 46.5 Å². The van der Waals surface area contributed by atoms with Gasteiger partial charge in [0.1, 0.15) is 6.10 Å². The average molecular weight is 611 g/mol. The predicted molar refractivity (Wildman–Crippen MR) is 169 cm³/mol. The largest absolute Gasteiger partial charge is 0.481 e. The highest BCUT2D eigenvalue weighted by Gasteiger charge is 2.70. The Morgan fingerprint density at radius 1 is 0.907 bits per heavy atom. The van der Waals surface area contributed by atoms with Gasteiger partial charge < -0.3 is 14.9 Å². The number of rotatable bonds is 3. The fourth-order valence-corrected chi connectivity index (χ4v) is 12.0. The molecule has 5 aliphatic carbocycles. The molecule has 0 spiro atoms. The Morgan fingerprint density at radius 2 is 1.58 bits per heavy atom. The molecule has 0 radical (unpaired) electrons. The van der Waals surface area contributed by atoms with Gasteiger partial charge in [0.2, 0.25) is 0 Å². The van der Waals surface area contributed by atoms with Gasteiger partial charge in [-0.15, -0.1) is 0 Å². The summed E-state index contributed by atoms with van der Waals surface area (Å²) in [5.74, 6) is -0.398. The lowest BCUT2D eigenvalue weighted by molar-refractivity contribution is -0.231. The molecule has 2 N–H and O–H groups in total. The van der Waals surface area contributed by atoms with E-state index >= 15 is 0 Å². The predicted octanol–water partition coefficient (Wildman–Crippen LogP) is 8.72. The summed E-state index contributed by atoms with van der Waals surface area (Å²) in [5.41, 5.74) is 0.557. The van der Waals surface area contributed by atoms with Gasteiger partial charge in [-0.05, 0) is 109 Å². The van der Waals surface area contributed by atoms with Gasteiger partial charge >= 0.3 is 11.9 Å². The summed E-state index contributed by atoms with van der Waals surface area (Å²) in [7, 11) is 0. The van der Waals surface area contributed by atoms with Gasteiger partial charge in [0.05, 0.1) is 22.1 Å². The molecule has 0 aliphatic heterocycles. The SMILES string of the molecule is CC1(C)CC[C@]2(C(=O)O)CC[C@]3(C)C(=CC[C@@H]4[C@@]5(C)C[C@@H](O)[C@H](OC(=O)c6ccccc6Cl)C(C)(C)[C@@H]5CC[C@]43C)[C@@H]2C1. The van der Waals surface area contributed by atoms with E-state index in [4.69, 9.17) is 16.3 Å². The molecule has 43 heavy (non-hydrogen) atoms. The van der Waals surface area contributed by atoms with Crippen LogP contribution < -0.4 is 0 Å². The number of carboxylic acid groups (broad SMARTS) is 1. The zero-order valence-electron chi connectivity index (χ0n) is 27.1. The van der Waals surface area contributed by atoms with Crippen LogP contribution in [0.4, 0.5) is 0 Å². The number of hydrogen-bond donors (Lipinski definition) is 2. The van der Waals surface area contributed by atoms with Crippen LogP contribution in [0.2, 0.25) is 5.02 Å². The second kappa shape index (κ2) is 9.82. The number of aliphatic carboxylic acids is 1. The molecule has 236 valence electrons. The Balaban J connectivity index is 1.35. The molecular weight excluding hydrogens is 560 g/mol. The van der Waals surface area contributed by atoms with Crippen molar-refractivity contribution in [1.29, 1.82) is 0 Å². The van der Waals surface area contributed by atoms with Gasteiger partial charge in [0, 0.05) is 5.41 Å². The molecule has 0 aromatic heterocycles. The summed E-state index contributed by atoms with van der Waals surface area (Å²) in [6.45, 7) is 16.3. The fourth-order valence-electron chi connectivity index (χ4n) is 11.8. The van der Waals surface area contributed by atoms with E-state index in [1.807, 2.05) is 0 Å². The normalized spacial score (nSPS) is 44.5. The molecule has 0 unspecified atom stereocenters. The van der Waals surface area contributed by atoms with Crippen LogP contribution in [0.3, 0.4) is 0 Å². The highest BCUT2D eigenvalue weighted by molar-refractivity contribution is 6.33. The Kier molecular flexibility index (Phi) is 7.12. The molecule has 6 rings (SSSR count). The third-order valence-electron chi connectivity index (χ3n) is 14.3. The maximum absolute atomic E-state index is 13.3. The van der Waals surface area contributed by atoms with Crippen molar-refractivity contribution >= 4 is 23.5 Å². The van der Waals surface area contributed by atoms with Crippen molar-refractivity contribution in [1.82, 2.24) is 0 Å². The molecule has 0 saturated heterocycles. The zero-order valence-corrected chi connectivity index (χ0v) is 27.9. The molecule has 4 fully saturated rings. The number of esters is 1. The van der Waals surface area contributed by atoms with Gasteiger partial charge in [-0.1, -0.05) is 83.8 Å². The molecular formula is C37H51ClO5. The number of hydrogen-bond acceptors (Lipinski definition) is 4. The van der Waals surface area contributed by atoms with E-state index < -0.39 is 35.0 Å². The van der Waals surface area contributed by atoms with E-state index in [-0.39, 0.29) is 33.5 Å². The first-order chi connectivity index (χ1) is 19.9. The van der Waals surface area contributed by atoms with Crippen LogP contribution >= 0.6 is 11.6 Å². The monoisotopic (exact) mass is 610 g/mol. The Bertz CT molecular complexity index is 1360. The van der Waals surface area contributed by atoms with Crippen molar-refractivity contribution in [3.63, 3.8) is 0 Å². The van der Waals surface area contributed by atoms with Crippen LogP contribution in [0.25, 0.3) is 0 Å². The first-order valence-electron chi connectivity index (χ1n) is 16.5. The van der Waals surface area contributed by atoms with Gasteiger partial charge in [0.15, 0.2) is 0 Å². The average Bonchev–Trinajstić information content (AvgIpc) is 2.91. The lowest BCUT2D eigenvalue weighted by Crippen LogP contribution is -2.67. The Hall–Kier alpha value is -1.85. The van der Waals surface area contributed by atoms with E-state index in [9.17, 15) is 19.8 Å². The van der Waals surface area contributed by atoms with E-state index in [2.05, 4.69) is 54.5 Å². The lowest BCUT2D eigenvalue weighted by Gasteiger charge is -2.71. The molecule has 0 bridgehead atoms. The molecule has 1 aromatic carbocycles. The number of aliphatic hydroxyl groups is 1. The van der Waals surface area contributed by atoms with Crippen LogP contribution in [-0.2, 0) is 9.53 Å². The summed E-state index contributed by atoms with van der Waals surface area (Å²) in [5, 5.41) is 22.7. The van der Waals surface area contributed by atoms with E-state index in [1.54, 1.807) is 24.3 Å². The number of aliphatic hydroxyl groups excluding tert-OH is 1. The van der Waals surface area contributed by atoms with Crippen LogP contribution in [0.5, 0.6) is 0 Å². The van der Waals surface area contributed by atoms with Gasteiger partial charge in [-0.2, -0.15) is 0 Å². The van der Waals surface area contributed by atoms with E-state index in [0.717, 1.165) is 51.4 Å². The minimum atomic E-state index is -0.784. The van der Waals surface area contributed by atoms with Crippen molar-refractivity contribution in [2.45, 2.75) is 118 Å². The Morgan fingerprint density at radius 3 is 2.26 bits per heavy atom. The summed E-state index contributed by atoms with van der Waals surface area (Å²) < 4.78 is 6.12. The van der Waals surface area contributed by atoms with Gasteiger partial charge in [0.25, 0.3) is 0 Å². The van der Waals surface area contributed by atoms with Crippen molar-refractivity contribution < 1.29 is 24.5 Å². The van der Waals surface area contributed by atoms with Crippen LogP contribution in [0.15, 0.2) is 35.9 Å². The Labute approximate surface area is 262 Å². The number of carbonyl (C=O) groups excluding carboxylic acids is 1. The summed E-state index contributed by atoms with van der Waals surface area (Å²) in [6, 6.07) is 6.92. The fraction of sp³-hybridized carbons (Fsp3) is 0.730.